The molecule has 0 bridgehead atoms. The van der Waals surface area contributed by atoms with Crippen LogP contribution in [0.1, 0.15) is 64.5 Å². The minimum absolute atomic E-state index is 0.00721. The van der Waals surface area contributed by atoms with E-state index in [-0.39, 0.29) is 42.7 Å². The van der Waals surface area contributed by atoms with Crippen LogP contribution in [0.3, 0.4) is 0 Å². The average molecular weight is 465 g/mol. The number of likely N-dealkylation sites (N-methyl/N-ethyl adjacent to an activating group) is 1. The van der Waals surface area contributed by atoms with Gasteiger partial charge in [-0.05, 0) is 26.2 Å². The van der Waals surface area contributed by atoms with Gasteiger partial charge in [-0.25, -0.2) is 9.48 Å². The number of aliphatic hydroxyl groups is 1. The third-order valence-electron chi connectivity index (χ3n) is 6.87. The first-order chi connectivity index (χ1) is 15.9. The number of aryl methyl sites for hydroxylation is 1. The molecular formula is C23H40N6O4. The Labute approximate surface area is 196 Å². The summed E-state index contributed by atoms with van der Waals surface area (Å²) in [6.45, 7) is 5.56. The van der Waals surface area contributed by atoms with Crippen molar-refractivity contribution in [2.45, 2.75) is 90.1 Å². The van der Waals surface area contributed by atoms with Gasteiger partial charge in [0.15, 0.2) is 0 Å². The first kappa shape index (κ1) is 25.4. The maximum absolute atomic E-state index is 12.9. The quantitative estimate of drug-likeness (QED) is 0.687. The lowest BCUT2D eigenvalue weighted by molar-refractivity contribution is -0.136. The van der Waals surface area contributed by atoms with E-state index in [0.717, 1.165) is 31.4 Å². The molecule has 0 spiro atoms. The van der Waals surface area contributed by atoms with Crippen LogP contribution in [-0.4, -0.2) is 86.8 Å². The largest absolute Gasteiger partial charge is 0.394 e. The van der Waals surface area contributed by atoms with E-state index in [2.05, 4.69) is 15.6 Å². The van der Waals surface area contributed by atoms with Crippen LogP contribution in [0.4, 0.5) is 4.79 Å². The first-order valence-corrected chi connectivity index (χ1v) is 12.3. The van der Waals surface area contributed by atoms with Gasteiger partial charge >= 0.3 is 6.03 Å². The first-order valence-electron chi connectivity index (χ1n) is 12.3. The molecule has 3 rings (SSSR count). The molecular weight excluding hydrogens is 424 g/mol. The van der Waals surface area contributed by atoms with Gasteiger partial charge in [0.25, 0.3) is 0 Å². The van der Waals surface area contributed by atoms with Crippen molar-refractivity contribution < 1.29 is 19.4 Å². The second-order valence-corrected chi connectivity index (χ2v) is 9.62. The molecule has 1 saturated carbocycles. The van der Waals surface area contributed by atoms with Crippen molar-refractivity contribution in [1.82, 2.24) is 30.1 Å². The number of aliphatic hydroxyl groups excluding tert-OH is 1. The van der Waals surface area contributed by atoms with Crippen LogP contribution in [0, 0.1) is 5.92 Å². The van der Waals surface area contributed by atoms with E-state index in [0.29, 0.717) is 39.1 Å². The Balaban J connectivity index is 1.72. The Bertz CT molecular complexity index is 766. The maximum atomic E-state index is 12.9. The number of hydrogen-bond acceptors (Lipinski definition) is 6. The van der Waals surface area contributed by atoms with Crippen molar-refractivity contribution in [3.05, 3.63) is 11.9 Å². The molecule has 0 aromatic carbocycles. The molecule has 3 atom stereocenters. The van der Waals surface area contributed by atoms with Gasteiger partial charge in [-0.3, -0.25) is 4.79 Å². The second-order valence-electron chi connectivity index (χ2n) is 9.62. The van der Waals surface area contributed by atoms with E-state index in [4.69, 9.17) is 4.74 Å². The van der Waals surface area contributed by atoms with Gasteiger partial charge in [0, 0.05) is 45.1 Å². The lowest BCUT2D eigenvalue weighted by Gasteiger charge is -2.36. The zero-order valence-corrected chi connectivity index (χ0v) is 20.3. The van der Waals surface area contributed by atoms with Crippen LogP contribution >= 0.6 is 0 Å². The molecule has 0 saturated heterocycles. The van der Waals surface area contributed by atoms with E-state index >= 15 is 0 Å². The Kier molecular flexibility index (Phi) is 9.49. The van der Waals surface area contributed by atoms with Gasteiger partial charge in [0.2, 0.25) is 5.91 Å². The molecule has 1 aliphatic carbocycles. The van der Waals surface area contributed by atoms with E-state index in [1.54, 1.807) is 27.7 Å². The number of rotatable bonds is 5. The van der Waals surface area contributed by atoms with Crippen LogP contribution in [0.25, 0.3) is 0 Å². The van der Waals surface area contributed by atoms with E-state index in [9.17, 15) is 14.7 Å². The monoisotopic (exact) mass is 464 g/mol. The number of nitrogens with one attached hydrogen (secondary N) is 1. The molecule has 2 N–H and O–H groups in total. The summed E-state index contributed by atoms with van der Waals surface area (Å²) in [6.07, 6.45) is 8.04. The zero-order chi connectivity index (χ0) is 23.8. The number of urea groups is 1. The van der Waals surface area contributed by atoms with Crippen molar-refractivity contribution in [1.29, 1.82) is 0 Å². The molecule has 1 aromatic rings. The lowest BCUT2D eigenvalue weighted by atomic mass is 9.96. The number of fused-ring (bicyclic) bond motifs is 1. The molecule has 1 aliphatic heterocycles. The number of carbonyl (C=O) groups excluding carboxylic acids is 2. The van der Waals surface area contributed by atoms with E-state index in [1.807, 2.05) is 13.8 Å². The Morgan fingerprint density at radius 2 is 2.09 bits per heavy atom. The van der Waals surface area contributed by atoms with E-state index in [1.165, 1.54) is 6.42 Å². The molecule has 2 heterocycles. The molecule has 10 heteroatoms. The smallest absolute Gasteiger partial charge is 0.317 e. The van der Waals surface area contributed by atoms with Gasteiger partial charge in [-0.1, -0.05) is 31.4 Å². The summed E-state index contributed by atoms with van der Waals surface area (Å²) >= 11 is 0. The van der Waals surface area contributed by atoms with Crippen molar-refractivity contribution in [3.8, 4) is 0 Å². The van der Waals surface area contributed by atoms with Crippen molar-refractivity contribution in [2.75, 3.05) is 26.7 Å². The third kappa shape index (κ3) is 7.14. The number of hydrogen-bond donors (Lipinski definition) is 2. The maximum Gasteiger partial charge on any atom is 0.317 e. The molecule has 1 aromatic heterocycles. The molecule has 33 heavy (non-hydrogen) atoms. The summed E-state index contributed by atoms with van der Waals surface area (Å²) in [5.74, 6) is -0.0376. The number of ether oxygens (including phenoxy) is 1. The topological polar surface area (TPSA) is 113 Å². The van der Waals surface area contributed by atoms with Crippen molar-refractivity contribution in [2.24, 2.45) is 5.92 Å². The highest BCUT2D eigenvalue weighted by Crippen LogP contribution is 2.20. The van der Waals surface area contributed by atoms with Crippen LogP contribution in [0.2, 0.25) is 0 Å². The second kappa shape index (κ2) is 12.3. The Hall–Kier alpha value is -2.20. The minimum Gasteiger partial charge on any atom is -0.394 e. The van der Waals surface area contributed by atoms with Gasteiger partial charge < -0.3 is 25.0 Å². The Morgan fingerprint density at radius 1 is 1.33 bits per heavy atom. The predicted molar refractivity (Wildman–Crippen MR) is 123 cm³/mol. The zero-order valence-electron chi connectivity index (χ0n) is 20.3. The number of carbonyl (C=O) groups is 2. The number of nitrogens with zero attached hydrogens (tertiary/aromatic N) is 5. The van der Waals surface area contributed by atoms with Crippen LogP contribution in [0.15, 0.2) is 6.20 Å². The normalized spacial score (nSPS) is 24.4. The van der Waals surface area contributed by atoms with Gasteiger partial charge in [-0.2, -0.15) is 0 Å². The van der Waals surface area contributed by atoms with Crippen LogP contribution in [-0.2, 0) is 22.7 Å². The highest BCUT2D eigenvalue weighted by molar-refractivity contribution is 5.76. The van der Waals surface area contributed by atoms with Crippen LogP contribution in [0.5, 0.6) is 0 Å². The highest BCUT2D eigenvalue weighted by Gasteiger charge is 2.29. The minimum atomic E-state index is -0.295. The van der Waals surface area contributed by atoms with Gasteiger partial charge in [-0.15, -0.1) is 5.10 Å². The molecule has 10 nitrogen and oxygen atoms in total. The standard InChI is InChI=1S/C23H40N6O4/c1-17-13-28(18(2)15-30)22(31)10-7-11-29-20(12-24-26-29)16-33-21(17)14-27(3)23(32)25-19-8-5-4-6-9-19/h12,17-19,21,30H,4-11,13-16H2,1-3H3,(H,25,32)/t17-,18+,21+/m0/s1. The third-order valence-corrected chi connectivity index (χ3v) is 6.87. The highest BCUT2D eigenvalue weighted by atomic mass is 16.5. The predicted octanol–water partition coefficient (Wildman–Crippen LogP) is 1.78. The Morgan fingerprint density at radius 3 is 2.82 bits per heavy atom. The number of aromatic nitrogens is 3. The van der Waals surface area contributed by atoms with Gasteiger partial charge in [0.05, 0.1) is 37.3 Å². The summed E-state index contributed by atoms with van der Waals surface area (Å²) in [5, 5.41) is 21.0. The van der Waals surface area contributed by atoms with Crippen molar-refractivity contribution in [3.63, 3.8) is 0 Å². The fourth-order valence-electron chi connectivity index (χ4n) is 4.63. The fraction of sp³-hybridized carbons (Fsp3) is 0.826. The van der Waals surface area contributed by atoms with Crippen molar-refractivity contribution >= 4 is 11.9 Å². The summed E-state index contributed by atoms with van der Waals surface area (Å²) in [5.41, 5.74) is 0.857. The summed E-state index contributed by atoms with van der Waals surface area (Å²) in [6, 6.07) is -0.132. The summed E-state index contributed by atoms with van der Waals surface area (Å²) in [4.78, 5) is 29.2. The molecule has 0 radical (unpaired) electrons. The fourth-order valence-corrected chi connectivity index (χ4v) is 4.63. The lowest BCUT2D eigenvalue weighted by Crippen LogP contribution is -2.50. The molecule has 0 unspecified atom stereocenters. The summed E-state index contributed by atoms with van der Waals surface area (Å²) < 4.78 is 8.07. The van der Waals surface area contributed by atoms with E-state index < -0.39 is 0 Å². The van der Waals surface area contributed by atoms with Crippen LogP contribution < -0.4 is 5.32 Å². The molecule has 186 valence electrons. The average Bonchev–Trinajstić information content (AvgIpc) is 3.26. The number of amides is 3. The SMILES string of the molecule is C[C@H](CO)N1C[C@H](C)[C@@H](CN(C)C(=O)NC2CCCCC2)OCc2cnnn2CCCC1=O. The molecule has 1 fully saturated rings. The molecule has 2 aliphatic rings. The summed E-state index contributed by atoms with van der Waals surface area (Å²) in [7, 11) is 1.79. The molecule has 3 amide bonds. The van der Waals surface area contributed by atoms with Gasteiger partial charge in [0.1, 0.15) is 0 Å².